The maximum atomic E-state index is 12.6. The Balaban J connectivity index is 1.72. The van der Waals surface area contributed by atoms with E-state index in [2.05, 4.69) is 60.7 Å². The zero-order chi connectivity index (χ0) is 22.2. The number of carbonyl (C=O) groups excluding carboxylic acids is 1. The van der Waals surface area contributed by atoms with Crippen molar-refractivity contribution in [2.24, 2.45) is 0 Å². The highest BCUT2D eigenvalue weighted by atomic mass is 16.5. The molecule has 0 unspecified atom stereocenters. The topological polar surface area (TPSA) is 29.5 Å². The van der Waals surface area contributed by atoms with Gasteiger partial charge in [0, 0.05) is 19.5 Å². The van der Waals surface area contributed by atoms with Crippen molar-refractivity contribution < 1.29 is 9.53 Å². The molecule has 1 aliphatic rings. The van der Waals surface area contributed by atoms with Crippen LogP contribution in [0.15, 0.2) is 84.9 Å². The Bertz CT molecular complexity index is 1030. The summed E-state index contributed by atoms with van der Waals surface area (Å²) in [5.41, 5.74) is 6.03. The van der Waals surface area contributed by atoms with Gasteiger partial charge in [0.25, 0.3) is 0 Å². The maximum absolute atomic E-state index is 12.6. The average molecular weight is 426 g/mol. The van der Waals surface area contributed by atoms with E-state index in [0.29, 0.717) is 12.3 Å². The van der Waals surface area contributed by atoms with Gasteiger partial charge in [-0.3, -0.25) is 4.79 Å². The molecule has 4 rings (SSSR count). The number of hydrogen-bond donors (Lipinski definition) is 0. The molecule has 0 aliphatic carbocycles. The number of benzene rings is 3. The summed E-state index contributed by atoms with van der Waals surface area (Å²) in [5, 5.41) is 0. The normalized spacial score (nSPS) is 14.2. The molecule has 164 valence electrons. The van der Waals surface area contributed by atoms with E-state index in [9.17, 15) is 4.79 Å². The predicted molar refractivity (Wildman–Crippen MR) is 131 cm³/mol. The zero-order valence-electron chi connectivity index (χ0n) is 18.8. The van der Waals surface area contributed by atoms with Crippen LogP contribution in [0.4, 0.5) is 0 Å². The molecule has 3 heteroatoms. The standard InChI is InChI=1S/C29H31NO2/c1-32-26-19-17-25(18-20-26)29(24-13-6-3-7-14-24)27(23-11-4-2-5-12-23)15-10-16-28(31)30-21-8-9-22-30/h2-7,11-14,17-20H,8-10,15-16,21-22H2,1H3/b29-27-. The fraction of sp³-hybridized carbons (Fsp3) is 0.276. The van der Waals surface area contributed by atoms with Crippen LogP contribution in [-0.4, -0.2) is 31.0 Å². The second-order valence-electron chi connectivity index (χ2n) is 8.26. The van der Waals surface area contributed by atoms with E-state index in [1.165, 1.54) is 22.3 Å². The van der Waals surface area contributed by atoms with Crippen LogP contribution in [0.25, 0.3) is 11.1 Å². The van der Waals surface area contributed by atoms with Gasteiger partial charge in [0.05, 0.1) is 7.11 Å². The first-order valence-electron chi connectivity index (χ1n) is 11.5. The summed E-state index contributed by atoms with van der Waals surface area (Å²) in [6, 6.07) is 29.4. The maximum Gasteiger partial charge on any atom is 0.222 e. The van der Waals surface area contributed by atoms with E-state index in [4.69, 9.17) is 4.74 Å². The van der Waals surface area contributed by atoms with Gasteiger partial charge in [0.15, 0.2) is 0 Å². The third-order valence-corrected chi connectivity index (χ3v) is 6.14. The van der Waals surface area contributed by atoms with Gasteiger partial charge in [-0.25, -0.2) is 0 Å². The predicted octanol–water partition coefficient (Wildman–Crippen LogP) is 6.45. The minimum Gasteiger partial charge on any atom is -0.497 e. The van der Waals surface area contributed by atoms with Crippen LogP contribution in [0.5, 0.6) is 5.75 Å². The molecule has 0 radical (unpaired) electrons. The molecule has 0 spiro atoms. The fourth-order valence-electron chi connectivity index (χ4n) is 4.47. The van der Waals surface area contributed by atoms with Gasteiger partial charge in [0.2, 0.25) is 5.91 Å². The van der Waals surface area contributed by atoms with Crippen LogP contribution in [0.1, 0.15) is 48.8 Å². The highest BCUT2D eigenvalue weighted by Gasteiger charge is 2.19. The molecular formula is C29H31NO2. The zero-order valence-corrected chi connectivity index (χ0v) is 18.8. The summed E-state index contributed by atoms with van der Waals surface area (Å²) in [4.78, 5) is 14.7. The van der Waals surface area contributed by atoms with E-state index in [1.54, 1.807) is 7.11 Å². The molecule has 0 N–H and O–H groups in total. The average Bonchev–Trinajstić information content (AvgIpc) is 3.40. The van der Waals surface area contributed by atoms with Crippen molar-refractivity contribution in [3.8, 4) is 5.75 Å². The van der Waals surface area contributed by atoms with Crippen molar-refractivity contribution in [2.75, 3.05) is 20.2 Å². The van der Waals surface area contributed by atoms with Crippen molar-refractivity contribution in [3.05, 3.63) is 102 Å². The van der Waals surface area contributed by atoms with E-state index in [-0.39, 0.29) is 0 Å². The van der Waals surface area contributed by atoms with Gasteiger partial charge in [-0.05, 0) is 65.7 Å². The number of amides is 1. The van der Waals surface area contributed by atoms with E-state index in [0.717, 1.165) is 50.1 Å². The Kier molecular flexibility index (Phi) is 7.39. The lowest BCUT2D eigenvalue weighted by Gasteiger charge is -2.19. The molecule has 0 bridgehead atoms. The molecule has 1 aliphatic heterocycles. The number of allylic oxidation sites excluding steroid dienone is 1. The lowest BCUT2D eigenvalue weighted by atomic mass is 9.87. The highest BCUT2D eigenvalue weighted by molar-refractivity contribution is 5.98. The van der Waals surface area contributed by atoms with Gasteiger partial charge in [0.1, 0.15) is 5.75 Å². The second kappa shape index (κ2) is 10.8. The number of hydrogen-bond acceptors (Lipinski definition) is 2. The van der Waals surface area contributed by atoms with Gasteiger partial charge in [-0.1, -0.05) is 72.8 Å². The molecule has 1 heterocycles. The minimum absolute atomic E-state index is 0.292. The molecule has 32 heavy (non-hydrogen) atoms. The van der Waals surface area contributed by atoms with Gasteiger partial charge in [-0.15, -0.1) is 0 Å². The minimum atomic E-state index is 0.292. The van der Waals surface area contributed by atoms with Crippen LogP contribution in [0, 0.1) is 0 Å². The number of nitrogens with zero attached hydrogens (tertiary/aromatic N) is 1. The molecule has 1 fully saturated rings. The molecule has 1 saturated heterocycles. The highest BCUT2D eigenvalue weighted by Crippen LogP contribution is 2.36. The quantitative estimate of drug-likeness (QED) is 0.388. The van der Waals surface area contributed by atoms with Crippen molar-refractivity contribution in [1.29, 1.82) is 0 Å². The summed E-state index contributed by atoms with van der Waals surface area (Å²) in [5.74, 6) is 1.14. The Labute approximate surface area is 191 Å². The molecule has 0 atom stereocenters. The molecule has 3 aromatic carbocycles. The summed E-state index contributed by atoms with van der Waals surface area (Å²) < 4.78 is 5.38. The van der Waals surface area contributed by atoms with Crippen molar-refractivity contribution in [2.45, 2.75) is 32.1 Å². The Morgan fingerprint density at radius 3 is 1.91 bits per heavy atom. The van der Waals surface area contributed by atoms with E-state index >= 15 is 0 Å². The van der Waals surface area contributed by atoms with Crippen LogP contribution < -0.4 is 4.74 Å². The summed E-state index contributed by atoms with van der Waals surface area (Å²) in [7, 11) is 1.69. The fourth-order valence-corrected chi connectivity index (χ4v) is 4.47. The van der Waals surface area contributed by atoms with Crippen LogP contribution >= 0.6 is 0 Å². The number of carbonyl (C=O) groups is 1. The number of rotatable bonds is 8. The third kappa shape index (κ3) is 5.28. The Morgan fingerprint density at radius 1 is 0.750 bits per heavy atom. The van der Waals surface area contributed by atoms with Crippen molar-refractivity contribution in [3.63, 3.8) is 0 Å². The lowest BCUT2D eigenvalue weighted by molar-refractivity contribution is -0.130. The van der Waals surface area contributed by atoms with E-state index in [1.807, 2.05) is 29.2 Å². The Hall–Kier alpha value is -3.33. The largest absolute Gasteiger partial charge is 0.497 e. The van der Waals surface area contributed by atoms with Gasteiger partial charge >= 0.3 is 0 Å². The molecule has 1 amide bonds. The number of ether oxygens (including phenoxy) is 1. The van der Waals surface area contributed by atoms with Crippen LogP contribution in [-0.2, 0) is 4.79 Å². The third-order valence-electron chi connectivity index (χ3n) is 6.14. The molecule has 3 nitrogen and oxygen atoms in total. The van der Waals surface area contributed by atoms with E-state index < -0.39 is 0 Å². The van der Waals surface area contributed by atoms with Gasteiger partial charge < -0.3 is 9.64 Å². The lowest BCUT2D eigenvalue weighted by Crippen LogP contribution is -2.27. The van der Waals surface area contributed by atoms with Crippen molar-refractivity contribution in [1.82, 2.24) is 4.90 Å². The smallest absolute Gasteiger partial charge is 0.222 e. The van der Waals surface area contributed by atoms with Gasteiger partial charge in [-0.2, -0.15) is 0 Å². The first kappa shape index (κ1) is 21.9. The first-order chi connectivity index (χ1) is 15.8. The Morgan fingerprint density at radius 2 is 1.31 bits per heavy atom. The van der Waals surface area contributed by atoms with Crippen molar-refractivity contribution >= 4 is 17.1 Å². The SMILES string of the molecule is COc1ccc(/C(=C(/CCCC(=O)N2CCCC2)c2ccccc2)c2ccccc2)cc1. The molecular weight excluding hydrogens is 394 g/mol. The molecule has 3 aromatic rings. The number of likely N-dealkylation sites (tertiary alicyclic amines) is 1. The summed E-state index contributed by atoms with van der Waals surface area (Å²) in [6.45, 7) is 1.84. The molecule has 0 aromatic heterocycles. The van der Waals surface area contributed by atoms with Crippen LogP contribution in [0.2, 0.25) is 0 Å². The monoisotopic (exact) mass is 425 g/mol. The molecule has 0 saturated carbocycles. The number of methoxy groups -OCH3 is 1. The summed E-state index contributed by atoms with van der Waals surface area (Å²) in [6.07, 6.45) is 4.56. The summed E-state index contributed by atoms with van der Waals surface area (Å²) >= 11 is 0. The second-order valence-corrected chi connectivity index (χ2v) is 8.26. The van der Waals surface area contributed by atoms with Crippen LogP contribution in [0.3, 0.4) is 0 Å². The first-order valence-corrected chi connectivity index (χ1v) is 11.5.